The van der Waals surface area contributed by atoms with Gasteiger partial charge in [0.1, 0.15) is 0 Å². The third kappa shape index (κ3) is 3.84. The Morgan fingerprint density at radius 2 is 1.88 bits per heavy atom. The molecule has 0 aliphatic heterocycles. The van der Waals surface area contributed by atoms with E-state index in [-0.39, 0.29) is 11.7 Å². The lowest BCUT2D eigenvalue weighted by atomic mass is 10.5. The molecule has 0 saturated carbocycles. The number of hydrogen-bond acceptors (Lipinski definition) is 5. The number of pyridine rings is 1. The molecule has 0 unspecified atom stereocenters. The summed E-state index contributed by atoms with van der Waals surface area (Å²) in [5.74, 6) is 0.459. The molecule has 0 aliphatic rings. The Labute approximate surface area is 103 Å². The van der Waals surface area contributed by atoms with Crippen molar-refractivity contribution in [1.82, 2.24) is 15.0 Å². The van der Waals surface area contributed by atoms with Crippen molar-refractivity contribution in [3.8, 4) is 0 Å². The topological polar surface area (TPSA) is 67.8 Å². The molecule has 2 heterocycles. The molecular formula is C11H10N4OS. The summed E-state index contributed by atoms with van der Waals surface area (Å²) in [4.78, 5) is 23.5. The van der Waals surface area contributed by atoms with E-state index in [2.05, 4.69) is 20.3 Å². The van der Waals surface area contributed by atoms with Gasteiger partial charge in [-0.25, -0.2) is 15.0 Å². The van der Waals surface area contributed by atoms with Crippen LogP contribution in [-0.2, 0) is 4.79 Å². The van der Waals surface area contributed by atoms with Gasteiger partial charge in [-0.3, -0.25) is 10.1 Å². The number of thioether (sulfide) groups is 1. The molecular weight excluding hydrogens is 236 g/mol. The predicted octanol–water partition coefficient (Wildman–Crippen LogP) is 1.60. The van der Waals surface area contributed by atoms with Gasteiger partial charge in [0, 0.05) is 18.6 Å². The van der Waals surface area contributed by atoms with Gasteiger partial charge < -0.3 is 0 Å². The lowest BCUT2D eigenvalue weighted by Gasteiger charge is -2.02. The van der Waals surface area contributed by atoms with Crippen molar-refractivity contribution in [2.75, 3.05) is 11.1 Å². The van der Waals surface area contributed by atoms with Crippen LogP contribution in [0.2, 0.25) is 0 Å². The average Bonchev–Trinajstić information content (AvgIpc) is 2.39. The maximum absolute atomic E-state index is 11.5. The Morgan fingerprint density at radius 3 is 2.59 bits per heavy atom. The number of rotatable bonds is 4. The van der Waals surface area contributed by atoms with Gasteiger partial charge in [-0.15, -0.1) is 0 Å². The zero-order valence-electron chi connectivity index (χ0n) is 8.91. The zero-order chi connectivity index (χ0) is 11.9. The highest BCUT2D eigenvalue weighted by atomic mass is 32.2. The molecule has 2 rings (SSSR count). The molecule has 0 spiro atoms. The molecule has 0 aromatic carbocycles. The first-order chi connectivity index (χ1) is 8.34. The second-order valence-electron chi connectivity index (χ2n) is 3.08. The van der Waals surface area contributed by atoms with Crippen LogP contribution in [-0.4, -0.2) is 26.6 Å². The van der Waals surface area contributed by atoms with E-state index < -0.39 is 0 Å². The van der Waals surface area contributed by atoms with E-state index in [4.69, 9.17) is 0 Å². The van der Waals surface area contributed by atoms with E-state index >= 15 is 0 Å². The molecule has 1 N–H and O–H groups in total. The lowest BCUT2D eigenvalue weighted by molar-refractivity contribution is -0.113. The van der Waals surface area contributed by atoms with Gasteiger partial charge in [0.25, 0.3) is 0 Å². The summed E-state index contributed by atoms with van der Waals surface area (Å²) in [5, 5.41) is 3.42. The summed E-state index contributed by atoms with van der Waals surface area (Å²) < 4.78 is 0. The number of aromatic nitrogens is 3. The second-order valence-corrected chi connectivity index (χ2v) is 4.07. The molecule has 0 aliphatic carbocycles. The van der Waals surface area contributed by atoms with Crippen LogP contribution in [0.15, 0.2) is 47.9 Å². The van der Waals surface area contributed by atoms with Gasteiger partial charge in [0.15, 0.2) is 0 Å². The van der Waals surface area contributed by atoms with E-state index in [1.165, 1.54) is 11.8 Å². The van der Waals surface area contributed by atoms with Crippen molar-refractivity contribution in [1.29, 1.82) is 0 Å². The number of nitrogens with one attached hydrogen (secondary N) is 1. The minimum absolute atomic E-state index is 0.146. The van der Waals surface area contributed by atoms with Gasteiger partial charge >= 0.3 is 0 Å². The molecule has 0 bridgehead atoms. The first-order valence-electron chi connectivity index (χ1n) is 4.95. The Morgan fingerprint density at radius 1 is 1.12 bits per heavy atom. The van der Waals surface area contributed by atoms with E-state index in [9.17, 15) is 4.79 Å². The Kier molecular flexibility index (Phi) is 4.04. The second kappa shape index (κ2) is 5.95. The van der Waals surface area contributed by atoms with Crippen LogP contribution in [0.25, 0.3) is 0 Å². The van der Waals surface area contributed by atoms with Crippen LogP contribution >= 0.6 is 11.8 Å². The maximum Gasteiger partial charge on any atom is 0.237 e. The highest BCUT2D eigenvalue weighted by Gasteiger charge is 2.04. The molecule has 5 nitrogen and oxygen atoms in total. The lowest BCUT2D eigenvalue weighted by Crippen LogP contribution is -2.15. The average molecular weight is 246 g/mol. The van der Waals surface area contributed by atoms with Crippen molar-refractivity contribution >= 4 is 23.6 Å². The van der Waals surface area contributed by atoms with E-state index in [1.807, 2.05) is 18.2 Å². The normalized spacial score (nSPS) is 9.88. The van der Waals surface area contributed by atoms with Crippen LogP contribution in [0.4, 0.5) is 5.95 Å². The monoisotopic (exact) mass is 246 g/mol. The van der Waals surface area contributed by atoms with Crippen molar-refractivity contribution in [2.45, 2.75) is 5.03 Å². The van der Waals surface area contributed by atoms with Crippen LogP contribution in [0.3, 0.4) is 0 Å². The highest BCUT2D eigenvalue weighted by Crippen LogP contribution is 2.13. The molecule has 6 heteroatoms. The molecule has 0 fully saturated rings. The van der Waals surface area contributed by atoms with Crippen LogP contribution in [0.5, 0.6) is 0 Å². The number of carbonyl (C=O) groups excluding carboxylic acids is 1. The minimum Gasteiger partial charge on any atom is -0.294 e. The molecule has 0 saturated heterocycles. The molecule has 2 aromatic heterocycles. The van der Waals surface area contributed by atoms with Crippen LogP contribution in [0, 0.1) is 0 Å². The van der Waals surface area contributed by atoms with E-state index in [0.29, 0.717) is 5.95 Å². The highest BCUT2D eigenvalue weighted by molar-refractivity contribution is 7.99. The Balaban J connectivity index is 1.83. The van der Waals surface area contributed by atoms with Crippen molar-refractivity contribution in [2.24, 2.45) is 0 Å². The fraction of sp³-hybridized carbons (Fsp3) is 0.0909. The smallest absolute Gasteiger partial charge is 0.237 e. The number of nitrogens with zero attached hydrogens (tertiary/aromatic N) is 3. The molecule has 17 heavy (non-hydrogen) atoms. The van der Waals surface area contributed by atoms with E-state index in [0.717, 1.165) is 5.03 Å². The van der Waals surface area contributed by atoms with Crippen molar-refractivity contribution < 1.29 is 4.79 Å². The van der Waals surface area contributed by atoms with Crippen molar-refractivity contribution in [3.05, 3.63) is 42.9 Å². The molecule has 86 valence electrons. The first-order valence-corrected chi connectivity index (χ1v) is 5.94. The summed E-state index contributed by atoms with van der Waals surface area (Å²) in [6, 6.07) is 7.27. The third-order valence-corrected chi connectivity index (χ3v) is 2.75. The van der Waals surface area contributed by atoms with Crippen LogP contribution < -0.4 is 5.32 Å². The summed E-state index contributed by atoms with van der Waals surface area (Å²) in [6.45, 7) is 0. The van der Waals surface area contributed by atoms with Crippen LogP contribution in [0.1, 0.15) is 0 Å². The summed E-state index contributed by atoms with van der Waals surface area (Å²) in [5.41, 5.74) is 0. The third-order valence-electron chi connectivity index (χ3n) is 1.81. The minimum atomic E-state index is -0.146. The summed E-state index contributed by atoms with van der Waals surface area (Å²) >= 11 is 1.37. The number of carbonyl (C=O) groups is 1. The largest absolute Gasteiger partial charge is 0.294 e. The fourth-order valence-corrected chi connectivity index (χ4v) is 1.76. The van der Waals surface area contributed by atoms with Gasteiger partial charge in [0.05, 0.1) is 10.8 Å². The SMILES string of the molecule is O=C(CSc1ccccn1)Nc1ncccn1. The number of amides is 1. The number of hydrogen-bond donors (Lipinski definition) is 1. The number of anilines is 1. The van der Waals surface area contributed by atoms with Gasteiger partial charge in [-0.2, -0.15) is 0 Å². The van der Waals surface area contributed by atoms with Crippen molar-refractivity contribution in [3.63, 3.8) is 0 Å². The molecule has 1 amide bonds. The summed E-state index contributed by atoms with van der Waals surface area (Å²) in [7, 11) is 0. The Hall–Kier alpha value is -1.95. The quantitative estimate of drug-likeness (QED) is 0.830. The van der Waals surface area contributed by atoms with E-state index in [1.54, 1.807) is 24.7 Å². The maximum atomic E-state index is 11.5. The predicted molar refractivity (Wildman–Crippen MR) is 65.6 cm³/mol. The summed E-state index contributed by atoms with van der Waals surface area (Å²) in [6.07, 6.45) is 4.85. The molecule has 2 aromatic rings. The molecule has 0 radical (unpaired) electrons. The Bertz CT molecular complexity index is 477. The first kappa shape index (κ1) is 11.5. The standard InChI is InChI=1S/C11H10N4OS/c16-9(15-11-13-6-3-7-14-11)8-17-10-4-1-2-5-12-10/h1-7H,8H2,(H,13,14,15,16). The van der Waals surface area contributed by atoms with Gasteiger partial charge in [0.2, 0.25) is 11.9 Å². The fourth-order valence-electron chi connectivity index (χ4n) is 1.10. The molecule has 0 atom stereocenters. The van der Waals surface area contributed by atoms with Gasteiger partial charge in [-0.05, 0) is 18.2 Å². The zero-order valence-corrected chi connectivity index (χ0v) is 9.72. The van der Waals surface area contributed by atoms with Gasteiger partial charge in [-0.1, -0.05) is 17.8 Å².